The van der Waals surface area contributed by atoms with Crippen LogP contribution >= 0.6 is 0 Å². The predicted octanol–water partition coefficient (Wildman–Crippen LogP) is 0.367. The monoisotopic (exact) mass is 291 g/mol. The molecule has 1 aromatic rings. The molecule has 0 aliphatic carbocycles. The van der Waals surface area contributed by atoms with Crippen molar-refractivity contribution in [2.24, 2.45) is 0 Å². The lowest BCUT2D eigenvalue weighted by atomic mass is 10.3. The number of nitrogens with one attached hydrogen (secondary N) is 1. The van der Waals surface area contributed by atoms with Crippen molar-refractivity contribution < 1.29 is 9.59 Å². The highest BCUT2D eigenvalue weighted by molar-refractivity contribution is 5.78. The second-order valence-corrected chi connectivity index (χ2v) is 5.17. The number of hydrogen-bond acceptors (Lipinski definition) is 3. The zero-order valence-electron chi connectivity index (χ0n) is 12.1. The quantitative estimate of drug-likeness (QED) is 0.738. The Morgan fingerprint density at radius 3 is 2.81 bits per heavy atom. The molecular formula is C15H21N3O3. The maximum absolute atomic E-state index is 11.7. The van der Waals surface area contributed by atoms with Crippen LogP contribution in [0.15, 0.2) is 29.2 Å². The molecule has 1 aromatic heterocycles. The molecule has 21 heavy (non-hydrogen) atoms. The number of carbonyl (C=O) groups excluding carboxylic acids is 2. The Balaban J connectivity index is 1.61. The maximum atomic E-state index is 11.7. The van der Waals surface area contributed by atoms with E-state index >= 15 is 0 Å². The Bertz CT molecular complexity index is 553. The van der Waals surface area contributed by atoms with E-state index in [1.165, 1.54) is 10.6 Å². The summed E-state index contributed by atoms with van der Waals surface area (Å²) in [5.74, 6) is 0.142. The van der Waals surface area contributed by atoms with Crippen LogP contribution in [-0.4, -0.2) is 40.9 Å². The van der Waals surface area contributed by atoms with E-state index in [1.54, 1.807) is 18.3 Å². The number of nitrogens with zero attached hydrogens (tertiary/aromatic N) is 2. The van der Waals surface area contributed by atoms with Crippen LogP contribution in [0.2, 0.25) is 0 Å². The van der Waals surface area contributed by atoms with Gasteiger partial charge in [0.2, 0.25) is 11.8 Å². The van der Waals surface area contributed by atoms with Crippen LogP contribution in [-0.2, 0) is 16.1 Å². The number of rotatable bonds is 7. The minimum absolute atomic E-state index is 0.0708. The Hall–Kier alpha value is -2.11. The number of carbonyl (C=O) groups is 2. The van der Waals surface area contributed by atoms with Gasteiger partial charge in [-0.25, -0.2) is 0 Å². The van der Waals surface area contributed by atoms with Crippen LogP contribution in [0.4, 0.5) is 0 Å². The van der Waals surface area contributed by atoms with Gasteiger partial charge in [0.25, 0.3) is 5.56 Å². The first-order valence-corrected chi connectivity index (χ1v) is 7.37. The van der Waals surface area contributed by atoms with Crippen LogP contribution in [0, 0.1) is 0 Å². The highest BCUT2D eigenvalue weighted by atomic mass is 16.2. The van der Waals surface area contributed by atoms with Crippen molar-refractivity contribution in [1.29, 1.82) is 0 Å². The summed E-state index contributed by atoms with van der Waals surface area (Å²) in [5.41, 5.74) is -0.0992. The Morgan fingerprint density at radius 2 is 2.10 bits per heavy atom. The standard InChI is InChI=1S/C15H21N3O3/c19-13(7-12-18-9-2-1-5-14(18)20)16-8-4-11-17-10-3-6-15(17)21/h1-2,5,9H,3-4,6-8,10-12H2,(H,16,19). The van der Waals surface area contributed by atoms with Crippen molar-refractivity contribution in [3.63, 3.8) is 0 Å². The van der Waals surface area contributed by atoms with Crippen molar-refractivity contribution in [3.8, 4) is 0 Å². The van der Waals surface area contributed by atoms with Gasteiger partial charge in [0.1, 0.15) is 0 Å². The van der Waals surface area contributed by atoms with E-state index in [2.05, 4.69) is 5.32 Å². The van der Waals surface area contributed by atoms with Gasteiger partial charge in [-0.05, 0) is 18.9 Å². The summed E-state index contributed by atoms with van der Waals surface area (Å²) < 4.78 is 1.52. The van der Waals surface area contributed by atoms with Gasteiger partial charge in [0, 0.05) is 51.3 Å². The molecule has 0 atom stereocenters. The summed E-state index contributed by atoms with van der Waals surface area (Å²) in [6.45, 7) is 2.49. The third-order valence-corrected chi connectivity index (χ3v) is 3.58. The topological polar surface area (TPSA) is 71.4 Å². The van der Waals surface area contributed by atoms with Crippen LogP contribution in [0.25, 0.3) is 0 Å². The predicted molar refractivity (Wildman–Crippen MR) is 78.8 cm³/mol. The lowest BCUT2D eigenvalue weighted by molar-refractivity contribution is -0.127. The van der Waals surface area contributed by atoms with Crippen molar-refractivity contribution in [3.05, 3.63) is 34.7 Å². The van der Waals surface area contributed by atoms with E-state index in [0.717, 1.165) is 19.4 Å². The SMILES string of the molecule is O=C(CCn1ccccc1=O)NCCCN1CCCC1=O. The van der Waals surface area contributed by atoms with Gasteiger partial charge >= 0.3 is 0 Å². The van der Waals surface area contributed by atoms with Gasteiger partial charge in [-0.15, -0.1) is 0 Å². The number of amides is 2. The molecule has 1 saturated heterocycles. The van der Waals surface area contributed by atoms with E-state index in [4.69, 9.17) is 0 Å². The Morgan fingerprint density at radius 1 is 1.24 bits per heavy atom. The molecular weight excluding hydrogens is 270 g/mol. The highest BCUT2D eigenvalue weighted by Gasteiger charge is 2.18. The fourth-order valence-electron chi connectivity index (χ4n) is 2.39. The molecule has 1 fully saturated rings. The molecule has 0 spiro atoms. The smallest absolute Gasteiger partial charge is 0.250 e. The molecule has 1 aliphatic heterocycles. The van der Waals surface area contributed by atoms with Gasteiger partial charge < -0.3 is 14.8 Å². The van der Waals surface area contributed by atoms with Crippen LogP contribution < -0.4 is 10.9 Å². The average Bonchev–Trinajstić information content (AvgIpc) is 2.88. The van der Waals surface area contributed by atoms with E-state index in [0.29, 0.717) is 26.1 Å². The van der Waals surface area contributed by atoms with Gasteiger partial charge in [-0.1, -0.05) is 6.07 Å². The van der Waals surface area contributed by atoms with E-state index in [-0.39, 0.29) is 23.8 Å². The highest BCUT2D eigenvalue weighted by Crippen LogP contribution is 2.09. The molecule has 2 rings (SSSR count). The molecule has 0 saturated carbocycles. The molecule has 2 amide bonds. The summed E-state index contributed by atoms with van der Waals surface area (Å²) in [5, 5.41) is 2.82. The van der Waals surface area contributed by atoms with Crippen LogP contribution in [0.5, 0.6) is 0 Å². The van der Waals surface area contributed by atoms with E-state index in [1.807, 2.05) is 4.90 Å². The summed E-state index contributed by atoms with van der Waals surface area (Å²) >= 11 is 0. The fraction of sp³-hybridized carbons (Fsp3) is 0.533. The summed E-state index contributed by atoms with van der Waals surface area (Å²) in [7, 11) is 0. The maximum Gasteiger partial charge on any atom is 0.250 e. The second kappa shape index (κ2) is 7.61. The lowest BCUT2D eigenvalue weighted by Crippen LogP contribution is -2.31. The van der Waals surface area contributed by atoms with Crippen LogP contribution in [0.3, 0.4) is 0 Å². The lowest BCUT2D eigenvalue weighted by Gasteiger charge is -2.15. The normalized spacial score (nSPS) is 14.5. The molecule has 0 unspecified atom stereocenters. The van der Waals surface area contributed by atoms with Crippen molar-refractivity contribution in [1.82, 2.24) is 14.8 Å². The third kappa shape index (κ3) is 4.73. The largest absolute Gasteiger partial charge is 0.356 e. The number of aromatic nitrogens is 1. The molecule has 0 radical (unpaired) electrons. The van der Waals surface area contributed by atoms with Gasteiger partial charge in [-0.2, -0.15) is 0 Å². The molecule has 0 aromatic carbocycles. The van der Waals surface area contributed by atoms with Crippen LogP contribution in [0.1, 0.15) is 25.7 Å². The zero-order chi connectivity index (χ0) is 15.1. The minimum Gasteiger partial charge on any atom is -0.356 e. The molecule has 0 bridgehead atoms. The first-order valence-electron chi connectivity index (χ1n) is 7.37. The number of hydrogen-bond donors (Lipinski definition) is 1. The average molecular weight is 291 g/mol. The molecule has 6 nitrogen and oxygen atoms in total. The number of likely N-dealkylation sites (tertiary alicyclic amines) is 1. The summed E-state index contributed by atoms with van der Waals surface area (Å²) in [6, 6.07) is 4.93. The Kier molecular flexibility index (Phi) is 5.54. The van der Waals surface area contributed by atoms with Gasteiger partial charge in [-0.3, -0.25) is 14.4 Å². The third-order valence-electron chi connectivity index (χ3n) is 3.58. The molecule has 114 valence electrons. The first kappa shape index (κ1) is 15.3. The first-order chi connectivity index (χ1) is 10.2. The number of aryl methyl sites for hydroxylation is 1. The summed E-state index contributed by atoms with van der Waals surface area (Å²) in [4.78, 5) is 36.4. The summed E-state index contributed by atoms with van der Waals surface area (Å²) in [6.07, 6.45) is 4.32. The van der Waals surface area contributed by atoms with Gasteiger partial charge in [0.05, 0.1) is 0 Å². The van der Waals surface area contributed by atoms with E-state index in [9.17, 15) is 14.4 Å². The minimum atomic E-state index is -0.0992. The number of pyridine rings is 1. The zero-order valence-corrected chi connectivity index (χ0v) is 12.1. The molecule has 1 aliphatic rings. The Labute approximate surface area is 123 Å². The molecule has 6 heteroatoms. The van der Waals surface area contributed by atoms with E-state index < -0.39 is 0 Å². The van der Waals surface area contributed by atoms with Crippen molar-refractivity contribution in [2.75, 3.05) is 19.6 Å². The fourth-order valence-corrected chi connectivity index (χ4v) is 2.39. The second-order valence-electron chi connectivity index (χ2n) is 5.17. The molecule has 2 heterocycles. The molecule has 1 N–H and O–H groups in total. The van der Waals surface area contributed by atoms with Crippen molar-refractivity contribution in [2.45, 2.75) is 32.2 Å². The van der Waals surface area contributed by atoms with Crippen molar-refractivity contribution >= 4 is 11.8 Å². The van der Waals surface area contributed by atoms with Gasteiger partial charge in [0.15, 0.2) is 0 Å².